The van der Waals surface area contributed by atoms with E-state index in [9.17, 15) is 0 Å². The molecule has 5 nitrogen and oxygen atoms in total. The van der Waals surface area contributed by atoms with Gasteiger partial charge in [0.15, 0.2) is 5.58 Å². The second-order valence-electron chi connectivity index (χ2n) is 3.66. The first kappa shape index (κ1) is 10.2. The van der Waals surface area contributed by atoms with Crippen molar-refractivity contribution in [3.8, 4) is 0 Å². The molecule has 0 aliphatic rings. The minimum atomic E-state index is 0.596. The molecule has 86 valence electrons. The number of fused-ring (bicyclic) bond motifs is 1. The number of hydrogen-bond acceptors (Lipinski definition) is 5. The predicted molar refractivity (Wildman–Crippen MR) is 65.8 cm³/mol. The van der Waals surface area contributed by atoms with Gasteiger partial charge in [-0.15, -0.1) is 0 Å². The van der Waals surface area contributed by atoms with E-state index in [2.05, 4.69) is 10.1 Å². The van der Waals surface area contributed by atoms with E-state index in [0.717, 1.165) is 10.4 Å². The van der Waals surface area contributed by atoms with Crippen LogP contribution in [0.4, 0.5) is 5.69 Å². The lowest BCUT2D eigenvalue weighted by atomic mass is 10.3. The second kappa shape index (κ2) is 3.81. The van der Waals surface area contributed by atoms with Crippen LogP contribution in [0.25, 0.3) is 11.1 Å². The van der Waals surface area contributed by atoms with E-state index in [0.29, 0.717) is 16.5 Å². The summed E-state index contributed by atoms with van der Waals surface area (Å²) in [7, 11) is 1.87. The van der Waals surface area contributed by atoms with Crippen molar-refractivity contribution < 1.29 is 4.42 Å². The average molecular weight is 246 g/mol. The van der Waals surface area contributed by atoms with E-state index < -0.39 is 0 Å². The van der Waals surface area contributed by atoms with Gasteiger partial charge in [-0.1, -0.05) is 0 Å². The first-order valence-electron chi connectivity index (χ1n) is 5.03. The van der Waals surface area contributed by atoms with Gasteiger partial charge in [0.25, 0.3) is 5.22 Å². The molecular weight excluding hydrogens is 236 g/mol. The van der Waals surface area contributed by atoms with E-state index in [4.69, 9.17) is 10.2 Å². The molecule has 2 heterocycles. The smallest absolute Gasteiger partial charge is 0.261 e. The number of nitrogen functional groups attached to an aromatic ring is 1. The number of rotatable bonds is 2. The number of hydrogen-bond donors (Lipinski definition) is 1. The second-order valence-corrected chi connectivity index (χ2v) is 4.68. The number of aromatic nitrogens is 3. The first-order valence-corrected chi connectivity index (χ1v) is 5.85. The first-order chi connectivity index (χ1) is 8.20. The fourth-order valence-electron chi connectivity index (χ4n) is 1.52. The van der Waals surface area contributed by atoms with Crippen LogP contribution in [0, 0.1) is 0 Å². The Morgan fingerprint density at radius 3 is 3.06 bits per heavy atom. The van der Waals surface area contributed by atoms with Gasteiger partial charge in [0.2, 0.25) is 0 Å². The van der Waals surface area contributed by atoms with Crippen LogP contribution in [0.15, 0.2) is 45.1 Å². The zero-order valence-corrected chi connectivity index (χ0v) is 9.94. The van der Waals surface area contributed by atoms with Gasteiger partial charge < -0.3 is 10.2 Å². The molecule has 0 saturated carbocycles. The van der Waals surface area contributed by atoms with E-state index in [1.807, 2.05) is 25.4 Å². The molecule has 0 fully saturated rings. The van der Waals surface area contributed by atoms with Crippen molar-refractivity contribution in [1.82, 2.24) is 14.8 Å². The number of aryl methyl sites for hydroxylation is 1. The van der Waals surface area contributed by atoms with Crippen molar-refractivity contribution in [2.24, 2.45) is 7.05 Å². The fraction of sp³-hybridized carbons (Fsp3) is 0.0909. The van der Waals surface area contributed by atoms with Crippen LogP contribution < -0.4 is 5.73 Å². The van der Waals surface area contributed by atoms with Crippen molar-refractivity contribution in [1.29, 1.82) is 0 Å². The van der Waals surface area contributed by atoms with Gasteiger partial charge in [-0.2, -0.15) is 5.10 Å². The van der Waals surface area contributed by atoms with E-state index in [1.165, 1.54) is 11.8 Å². The van der Waals surface area contributed by atoms with E-state index in [1.54, 1.807) is 16.9 Å². The molecule has 1 aromatic carbocycles. The monoisotopic (exact) mass is 246 g/mol. The maximum Gasteiger partial charge on any atom is 0.261 e. The molecule has 0 radical (unpaired) electrons. The van der Waals surface area contributed by atoms with Gasteiger partial charge >= 0.3 is 0 Å². The van der Waals surface area contributed by atoms with Crippen molar-refractivity contribution in [2.75, 3.05) is 5.73 Å². The standard InChI is InChI=1S/C11H10N4OS/c1-15-6-8(5-13-15)17-11-14-9-3-2-7(12)4-10(9)16-11/h2-6H,12H2,1H3. The Kier molecular flexibility index (Phi) is 2.29. The highest BCUT2D eigenvalue weighted by Crippen LogP contribution is 2.29. The molecule has 0 aliphatic carbocycles. The Hall–Kier alpha value is -1.95. The lowest BCUT2D eigenvalue weighted by molar-refractivity contribution is 0.489. The lowest BCUT2D eigenvalue weighted by Crippen LogP contribution is -1.83. The largest absolute Gasteiger partial charge is 0.431 e. The molecule has 17 heavy (non-hydrogen) atoms. The summed E-state index contributed by atoms with van der Waals surface area (Å²) in [5.74, 6) is 0. The highest BCUT2D eigenvalue weighted by atomic mass is 32.2. The normalized spacial score (nSPS) is 11.1. The number of benzene rings is 1. The Morgan fingerprint density at radius 2 is 2.29 bits per heavy atom. The lowest BCUT2D eigenvalue weighted by Gasteiger charge is -1.89. The third-order valence-electron chi connectivity index (χ3n) is 2.28. The Labute approximate surface area is 102 Å². The van der Waals surface area contributed by atoms with Crippen molar-refractivity contribution in [3.63, 3.8) is 0 Å². The molecule has 0 aliphatic heterocycles. The van der Waals surface area contributed by atoms with Crippen LogP contribution in [0.1, 0.15) is 0 Å². The van der Waals surface area contributed by atoms with Gasteiger partial charge in [-0.3, -0.25) is 4.68 Å². The summed E-state index contributed by atoms with van der Waals surface area (Å²) in [5, 5.41) is 4.68. The molecule has 0 amide bonds. The molecule has 0 atom stereocenters. The number of anilines is 1. The maximum absolute atomic E-state index is 5.68. The Bertz CT molecular complexity index is 673. The molecule has 3 rings (SSSR count). The van der Waals surface area contributed by atoms with Crippen molar-refractivity contribution >= 4 is 28.5 Å². The molecule has 0 unspecified atom stereocenters. The molecule has 6 heteroatoms. The van der Waals surface area contributed by atoms with Crippen LogP contribution in [-0.4, -0.2) is 14.8 Å². The molecule has 0 spiro atoms. The summed E-state index contributed by atoms with van der Waals surface area (Å²) in [5.41, 5.74) is 7.87. The van der Waals surface area contributed by atoms with Gasteiger partial charge in [0, 0.05) is 25.0 Å². The topological polar surface area (TPSA) is 69.9 Å². The van der Waals surface area contributed by atoms with Crippen LogP contribution in [0.2, 0.25) is 0 Å². The Morgan fingerprint density at radius 1 is 1.41 bits per heavy atom. The Balaban J connectivity index is 1.95. The van der Waals surface area contributed by atoms with E-state index in [-0.39, 0.29) is 0 Å². The molecule has 2 aromatic heterocycles. The summed E-state index contributed by atoms with van der Waals surface area (Å²) in [6, 6.07) is 5.43. The third kappa shape index (κ3) is 1.99. The highest BCUT2D eigenvalue weighted by Gasteiger charge is 2.08. The predicted octanol–water partition coefficient (Wildman–Crippen LogP) is 2.29. The molecule has 0 bridgehead atoms. The summed E-state index contributed by atoms with van der Waals surface area (Å²) in [6.45, 7) is 0. The minimum Gasteiger partial charge on any atom is -0.431 e. The highest BCUT2D eigenvalue weighted by molar-refractivity contribution is 7.99. The van der Waals surface area contributed by atoms with Crippen molar-refractivity contribution in [3.05, 3.63) is 30.6 Å². The fourth-order valence-corrected chi connectivity index (χ4v) is 2.30. The zero-order valence-electron chi connectivity index (χ0n) is 9.12. The molecular formula is C11H10N4OS. The molecule has 2 N–H and O–H groups in total. The SMILES string of the molecule is Cn1cc(Sc2nc3ccc(N)cc3o2)cn1. The van der Waals surface area contributed by atoms with Gasteiger partial charge in [0.1, 0.15) is 5.52 Å². The van der Waals surface area contributed by atoms with Gasteiger partial charge in [-0.25, -0.2) is 4.98 Å². The summed E-state index contributed by atoms with van der Waals surface area (Å²) in [6.07, 6.45) is 3.68. The summed E-state index contributed by atoms with van der Waals surface area (Å²) < 4.78 is 7.34. The van der Waals surface area contributed by atoms with Crippen molar-refractivity contribution in [2.45, 2.75) is 10.1 Å². The number of oxazole rings is 1. The summed E-state index contributed by atoms with van der Waals surface area (Å²) in [4.78, 5) is 5.35. The summed E-state index contributed by atoms with van der Waals surface area (Å²) >= 11 is 1.44. The third-order valence-corrected chi connectivity index (χ3v) is 3.07. The average Bonchev–Trinajstić information content (AvgIpc) is 2.84. The zero-order chi connectivity index (χ0) is 11.8. The molecule has 0 saturated heterocycles. The molecule has 3 aromatic rings. The van der Waals surface area contributed by atoms with Crippen LogP contribution in [0.5, 0.6) is 0 Å². The minimum absolute atomic E-state index is 0.596. The van der Waals surface area contributed by atoms with E-state index >= 15 is 0 Å². The van der Waals surface area contributed by atoms with Gasteiger partial charge in [-0.05, 0) is 23.9 Å². The number of nitrogens with zero attached hydrogens (tertiary/aromatic N) is 3. The quantitative estimate of drug-likeness (QED) is 0.702. The van der Waals surface area contributed by atoms with Crippen LogP contribution >= 0.6 is 11.8 Å². The number of nitrogens with two attached hydrogens (primary N) is 1. The van der Waals surface area contributed by atoms with Crippen LogP contribution in [0.3, 0.4) is 0 Å². The van der Waals surface area contributed by atoms with Gasteiger partial charge in [0.05, 0.1) is 11.1 Å². The maximum atomic E-state index is 5.68. The van der Waals surface area contributed by atoms with Crippen LogP contribution in [-0.2, 0) is 7.05 Å².